The lowest BCUT2D eigenvalue weighted by atomic mass is 10.2. The summed E-state index contributed by atoms with van der Waals surface area (Å²) in [6.07, 6.45) is 3.20. The van der Waals surface area contributed by atoms with Gasteiger partial charge in [-0.25, -0.2) is 15.0 Å². The molecule has 0 radical (unpaired) electrons. The quantitative estimate of drug-likeness (QED) is 0.277. The zero-order chi connectivity index (χ0) is 24.9. The molecular formula is C23H23Cl2N7O2S. The van der Waals surface area contributed by atoms with E-state index in [1.807, 2.05) is 26.0 Å². The van der Waals surface area contributed by atoms with Gasteiger partial charge in [0.15, 0.2) is 11.6 Å². The van der Waals surface area contributed by atoms with E-state index in [1.165, 1.54) is 11.9 Å². The predicted octanol–water partition coefficient (Wildman–Crippen LogP) is 5.58. The van der Waals surface area contributed by atoms with Crippen molar-refractivity contribution in [1.82, 2.24) is 29.7 Å². The summed E-state index contributed by atoms with van der Waals surface area (Å²) in [5.74, 6) is 2.01. The average Bonchev–Trinajstić information content (AvgIpc) is 3.28. The first-order valence-electron chi connectivity index (χ1n) is 10.6. The molecule has 0 saturated heterocycles. The third-order valence-electron chi connectivity index (χ3n) is 5.00. The number of pyridine rings is 1. The van der Waals surface area contributed by atoms with Crippen LogP contribution >= 0.6 is 35.1 Å². The summed E-state index contributed by atoms with van der Waals surface area (Å²) in [5, 5.41) is 9.64. The molecule has 4 rings (SSSR count). The van der Waals surface area contributed by atoms with Crippen LogP contribution in [0.1, 0.15) is 24.4 Å². The molecule has 9 nitrogen and oxygen atoms in total. The van der Waals surface area contributed by atoms with Crippen LogP contribution in [0.3, 0.4) is 0 Å². The van der Waals surface area contributed by atoms with Crippen molar-refractivity contribution in [3.05, 3.63) is 70.2 Å². The lowest BCUT2D eigenvalue weighted by molar-refractivity contribution is 0.0972. The number of anilines is 1. The maximum atomic E-state index is 6.30. The van der Waals surface area contributed by atoms with Crippen LogP contribution < -0.4 is 9.46 Å². The molecule has 35 heavy (non-hydrogen) atoms. The standard InChI is InChI=1S/C23H23Cl2N7O2S/c1-13-11-26-21(27-12-13)20(34-4)14(2)35-31-23-30-29-22(18-6-5-7-19(28-18)33-3)32(23)17-9-15(24)8-16(25)10-17/h5-12,14,20H,1-4H3,(H,30,31). The van der Waals surface area contributed by atoms with E-state index < -0.39 is 0 Å². The highest BCUT2D eigenvalue weighted by Crippen LogP contribution is 2.32. The molecule has 0 saturated carbocycles. The van der Waals surface area contributed by atoms with Crippen molar-refractivity contribution in [2.45, 2.75) is 25.2 Å². The molecule has 1 aromatic carbocycles. The fourth-order valence-corrected chi connectivity index (χ4v) is 4.64. The molecule has 0 aliphatic rings. The van der Waals surface area contributed by atoms with E-state index in [0.717, 1.165) is 5.56 Å². The lowest BCUT2D eigenvalue weighted by Crippen LogP contribution is -2.19. The number of aromatic nitrogens is 6. The van der Waals surface area contributed by atoms with Gasteiger partial charge in [0.05, 0.1) is 18.0 Å². The minimum absolute atomic E-state index is 0.0748. The number of halogens is 2. The maximum absolute atomic E-state index is 6.30. The second-order valence-corrected chi connectivity index (χ2v) is 9.63. The molecule has 0 bridgehead atoms. The Labute approximate surface area is 217 Å². The van der Waals surface area contributed by atoms with Gasteiger partial charge in [-0.1, -0.05) is 29.3 Å². The smallest absolute Gasteiger partial charge is 0.239 e. The lowest BCUT2D eigenvalue weighted by Gasteiger charge is -2.21. The van der Waals surface area contributed by atoms with Gasteiger partial charge in [-0.2, -0.15) is 0 Å². The fraction of sp³-hybridized carbons (Fsp3) is 0.261. The van der Waals surface area contributed by atoms with Crippen molar-refractivity contribution in [3.63, 3.8) is 0 Å². The third kappa shape index (κ3) is 5.84. The largest absolute Gasteiger partial charge is 0.481 e. The van der Waals surface area contributed by atoms with Crippen LogP contribution in [0.5, 0.6) is 5.88 Å². The van der Waals surface area contributed by atoms with Gasteiger partial charge in [-0.3, -0.25) is 9.29 Å². The molecular weight excluding hydrogens is 509 g/mol. The Bertz CT molecular complexity index is 1280. The monoisotopic (exact) mass is 531 g/mol. The summed E-state index contributed by atoms with van der Waals surface area (Å²) in [5.41, 5.74) is 2.23. The molecule has 0 spiro atoms. The maximum Gasteiger partial charge on any atom is 0.239 e. The summed E-state index contributed by atoms with van der Waals surface area (Å²) in [4.78, 5) is 13.3. The first-order chi connectivity index (χ1) is 16.9. The number of rotatable bonds is 9. The fourth-order valence-electron chi connectivity index (χ4n) is 3.35. The molecule has 1 N–H and O–H groups in total. The van der Waals surface area contributed by atoms with Gasteiger partial charge in [0.1, 0.15) is 11.8 Å². The Morgan fingerprint density at radius 2 is 1.74 bits per heavy atom. The molecule has 0 aliphatic carbocycles. The zero-order valence-corrected chi connectivity index (χ0v) is 21.8. The predicted molar refractivity (Wildman–Crippen MR) is 138 cm³/mol. The van der Waals surface area contributed by atoms with Gasteiger partial charge < -0.3 is 9.47 Å². The van der Waals surface area contributed by atoms with Crippen molar-refractivity contribution >= 4 is 41.1 Å². The number of hydrogen-bond acceptors (Lipinski definition) is 9. The van der Waals surface area contributed by atoms with Crippen molar-refractivity contribution in [3.8, 4) is 23.1 Å². The normalized spacial score (nSPS) is 12.9. The first kappa shape index (κ1) is 25.2. The Kier molecular flexibility index (Phi) is 8.07. The van der Waals surface area contributed by atoms with Crippen molar-refractivity contribution in [2.24, 2.45) is 0 Å². The van der Waals surface area contributed by atoms with Crippen LogP contribution in [0.2, 0.25) is 10.0 Å². The van der Waals surface area contributed by atoms with Crippen LogP contribution in [0.4, 0.5) is 5.95 Å². The Morgan fingerprint density at radius 1 is 1.03 bits per heavy atom. The van der Waals surface area contributed by atoms with Crippen molar-refractivity contribution in [2.75, 3.05) is 18.9 Å². The molecule has 0 fully saturated rings. The van der Waals surface area contributed by atoms with Gasteiger partial charge in [-0.05, 0) is 55.6 Å². The van der Waals surface area contributed by atoms with Crippen LogP contribution in [-0.2, 0) is 4.74 Å². The number of ether oxygens (including phenoxy) is 2. The van der Waals surface area contributed by atoms with E-state index in [-0.39, 0.29) is 11.4 Å². The molecule has 182 valence electrons. The summed E-state index contributed by atoms with van der Waals surface area (Å²) in [6, 6.07) is 10.6. The Balaban J connectivity index is 1.68. The molecule has 2 unspecified atom stereocenters. The summed E-state index contributed by atoms with van der Waals surface area (Å²) in [7, 11) is 3.19. The minimum Gasteiger partial charge on any atom is -0.481 e. The highest BCUT2D eigenvalue weighted by Gasteiger charge is 2.24. The van der Waals surface area contributed by atoms with Crippen molar-refractivity contribution < 1.29 is 9.47 Å². The van der Waals surface area contributed by atoms with Gasteiger partial charge in [0, 0.05) is 35.6 Å². The molecule has 3 heterocycles. The zero-order valence-electron chi connectivity index (χ0n) is 19.4. The second-order valence-electron chi connectivity index (χ2n) is 7.58. The van der Waals surface area contributed by atoms with Gasteiger partial charge >= 0.3 is 0 Å². The minimum atomic E-state index is -0.343. The highest BCUT2D eigenvalue weighted by atomic mass is 35.5. The molecule has 0 aliphatic heterocycles. The van der Waals surface area contributed by atoms with Crippen LogP contribution in [-0.4, -0.2) is 49.2 Å². The number of methoxy groups -OCH3 is 2. The van der Waals surface area contributed by atoms with Crippen LogP contribution in [0, 0.1) is 6.92 Å². The van der Waals surface area contributed by atoms with E-state index in [4.69, 9.17) is 32.7 Å². The molecule has 4 aromatic rings. The van der Waals surface area contributed by atoms with Gasteiger partial charge in [-0.15, -0.1) is 10.2 Å². The topological polar surface area (TPSA) is 99.9 Å². The van der Waals surface area contributed by atoms with Crippen molar-refractivity contribution in [1.29, 1.82) is 0 Å². The highest BCUT2D eigenvalue weighted by molar-refractivity contribution is 8.01. The Hall–Kier alpha value is -2.92. The number of nitrogens with zero attached hydrogens (tertiary/aromatic N) is 6. The summed E-state index contributed by atoms with van der Waals surface area (Å²) < 4.78 is 16.0. The number of nitrogens with one attached hydrogen (secondary N) is 1. The molecule has 12 heteroatoms. The molecule has 2 atom stereocenters. The number of aryl methyl sites for hydroxylation is 1. The molecule has 0 amide bonds. The number of hydrogen-bond donors (Lipinski definition) is 1. The van der Waals surface area contributed by atoms with Crippen LogP contribution in [0.25, 0.3) is 17.2 Å². The number of benzene rings is 1. The Morgan fingerprint density at radius 3 is 2.40 bits per heavy atom. The van der Waals surface area contributed by atoms with Crippen LogP contribution in [0.15, 0.2) is 48.8 Å². The third-order valence-corrected chi connectivity index (χ3v) is 6.36. The average molecular weight is 532 g/mol. The van der Waals surface area contributed by atoms with Gasteiger partial charge in [0.25, 0.3) is 0 Å². The van der Waals surface area contributed by atoms with E-state index in [1.54, 1.807) is 55.4 Å². The molecule has 3 aromatic heterocycles. The SMILES string of the molecule is COc1cccc(-c2nnc(NSC(C)C(OC)c3ncc(C)cn3)n2-c2cc(Cl)cc(Cl)c2)n1. The summed E-state index contributed by atoms with van der Waals surface area (Å²) in [6.45, 7) is 3.95. The van der Waals surface area contributed by atoms with Gasteiger partial charge in [0.2, 0.25) is 11.8 Å². The van der Waals surface area contributed by atoms with E-state index in [2.05, 4.69) is 29.9 Å². The second kappa shape index (κ2) is 11.2. The summed E-state index contributed by atoms with van der Waals surface area (Å²) >= 11 is 14.0. The van der Waals surface area contributed by atoms with E-state index >= 15 is 0 Å². The van der Waals surface area contributed by atoms with E-state index in [0.29, 0.717) is 44.9 Å². The van der Waals surface area contributed by atoms with E-state index in [9.17, 15) is 0 Å². The first-order valence-corrected chi connectivity index (χ1v) is 12.2.